The number of anilines is 1. The molecule has 31 heavy (non-hydrogen) atoms. The van der Waals surface area contributed by atoms with Gasteiger partial charge in [0.2, 0.25) is 0 Å². The number of ether oxygens (including phenoxy) is 1. The van der Waals surface area contributed by atoms with Crippen LogP contribution in [0.5, 0.6) is 0 Å². The highest BCUT2D eigenvalue weighted by Gasteiger charge is 2.26. The standard InChI is InChI=1S/C21H27F2N3O5/c1-13(2)30-21(29)26-9-5-15(6-10-26)31-24-14-3-7-25(8-4-14)19-12-17(22)16(20(27)28)11-18(19)23/h3,11-13,15,24H,4-10H2,1-2H3,(H,27,28). The third-order valence-electron chi connectivity index (χ3n) is 5.21. The number of piperidine rings is 1. The van der Waals surface area contributed by atoms with Gasteiger partial charge in [-0.05, 0) is 38.8 Å². The number of benzene rings is 1. The van der Waals surface area contributed by atoms with Crippen molar-refractivity contribution in [3.8, 4) is 0 Å². The maximum absolute atomic E-state index is 14.3. The van der Waals surface area contributed by atoms with E-state index in [2.05, 4.69) is 5.48 Å². The van der Waals surface area contributed by atoms with Gasteiger partial charge >= 0.3 is 12.1 Å². The largest absolute Gasteiger partial charge is 0.478 e. The Bertz CT molecular complexity index is 854. The predicted octanol–water partition coefficient (Wildman–Crippen LogP) is 3.29. The number of hydroxylamine groups is 1. The Kier molecular flexibility index (Phi) is 7.32. The van der Waals surface area contributed by atoms with Gasteiger partial charge in [0, 0.05) is 44.4 Å². The van der Waals surface area contributed by atoms with Crippen molar-refractivity contribution in [2.24, 2.45) is 0 Å². The lowest BCUT2D eigenvalue weighted by atomic mass is 10.1. The molecule has 0 radical (unpaired) electrons. The molecule has 8 nitrogen and oxygen atoms in total. The summed E-state index contributed by atoms with van der Waals surface area (Å²) in [6, 6.07) is 1.62. The number of carboxylic acid groups (broad SMARTS) is 1. The number of amides is 1. The first-order chi connectivity index (χ1) is 14.7. The second-order valence-electron chi connectivity index (χ2n) is 7.85. The van der Waals surface area contributed by atoms with Gasteiger partial charge in [-0.15, -0.1) is 0 Å². The first kappa shape index (κ1) is 22.8. The van der Waals surface area contributed by atoms with Crippen molar-refractivity contribution < 1.29 is 33.1 Å². The SMILES string of the molecule is CC(C)OC(=O)N1CCC(ONC2=CCN(c3cc(F)c(C(=O)O)cc3F)CC2)CC1. The van der Waals surface area contributed by atoms with E-state index in [9.17, 15) is 18.4 Å². The molecular formula is C21H27F2N3O5. The molecule has 0 aromatic heterocycles. The second kappa shape index (κ2) is 9.95. The van der Waals surface area contributed by atoms with Gasteiger partial charge in [0.1, 0.15) is 11.6 Å². The first-order valence-electron chi connectivity index (χ1n) is 10.3. The number of hydrogen-bond acceptors (Lipinski definition) is 6. The van der Waals surface area contributed by atoms with Crippen molar-refractivity contribution in [2.75, 3.05) is 31.1 Å². The summed E-state index contributed by atoms with van der Waals surface area (Å²) in [5.41, 5.74) is 3.12. The first-order valence-corrected chi connectivity index (χ1v) is 10.3. The lowest BCUT2D eigenvalue weighted by Crippen LogP contribution is -2.43. The molecular weight excluding hydrogens is 412 g/mol. The molecule has 0 atom stereocenters. The number of carbonyl (C=O) groups is 2. The molecule has 1 fully saturated rings. The summed E-state index contributed by atoms with van der Waals surface area (Å²) in [4.78, 5) is 31.9. The molecule has 0 spiro atoms. The molecule has 3 rings (SSSR count). The molecule has 2 N–H and O–H groups in total. The Morgan fingerprint density at radius 1 is 1.16 bits per heavy atom. The molecule has 2 heterocycles. The van der Waals surface area contributed by atoms with Crippen LogP contribution in [-0.2, 0) is 9.57 Å². The van der Waals surface area contributed by atoms with Crippen molar-refractivity contribution >= 4 is 17.7 Å². The minimum absolute atomic E-state index is 0.0272. The fraction of sp³-hybridized carbons (Fsp3) is 0.524. The maximum Gasteiger partial charge on any atom is 0.410 e. The number of carboxylic acids is 1. The van der Waals surface area contributed by atoms with E-state index in [0.717, 1.165) is 11.8 Å². The minimum atomic E-state index is -1.51. The number of carbonyl (C=O) groups excluding carboxylic acids is 1. The molecule has 1 aromatic rings. The van der Waals surface area contributed by atoms with E-state index in [0.29, 0.717) is 51.5 Å². The van der Waals surface area contributed by atoms with E-state index in [4.69, 9.17) is 14.7 Å². The number of rotatable bonds is 6. The number of hydrogen-bond donors (Lipinski definition) is 2. The second-order valence-corrected chi connectivity index (χ2v) is 7.85. The molecule has 170 valence electrons. The van der Waals surface area contributed by atoms with E-state index in [1.54, 1.807) is 9.80 Å². The van der Waals surface area contributed by atoms with Crippen LogP contribution in [0.15, 0.2) is 23.9 Å². The molecule has 1 saturated heterocycles. The lowest BCUT2D eigenvalue weighted by Gasteiger charge is -2.33. The zero-order valence-corrected chi connectivity index (χ0v) is 17.6. The van der Waals surface area contributed by atoms with E-state index < -0.39 is 23.2 Å². The number of likely N-dealkylation sites (tertiary alicyclic amines) is 1. The zero-order valence-electron chi connectivity index (χ0n) is 17.6. The molecule has 0 bridgehead atoms. The summed E-state index contributed by atoms with van der Waals surface area (Å²) < 4.78 is 33.4. The van der Waals surface area contributed by atoms with Crippen LogP contribution < -0.4 is 10.4 Å². The highest BCUT2D eigenvalue weighted by atomic mass is 19.1. The highest BCUT2D eigenvalue weighted by molar-refractivity contribution is 5.88. The van der Waals surface area contributed by atoms with Gasteiger partial charge in [-0.25, -0.2) is 18.4 Å². The third-order valence-corrected chi connectivity index (χ3v) is 5.21. The van der Waals surface area contributed by atoms with Gasteiger partial charge in [0.05, 0.1) is 23.5 Å². The van der Waals surface area contributed by atoms with Crippen LogP contribution in [0.2, 0.25) is 0 Å². The lowest BCUT2D eigenvalue weighted by molar-refractivity contribution is -0.0416. The molecule has 1 aromatic carbocycles. The fourth-order valence-electron chi connectivity index (χ4n) is 3.51. The van der Waals surface area contributed by atoms with Gasteiger partial charge in [0.15, 0.2) is 0 Å². The van der Waals surface area contributed by atoms with E-state index >= 15 is 0 Å². The van der Waals surface area contributed by atoms with Crippen LogP contribution in [0.3, 0.4) is 0 Å². The molecule has 0 unspecified atom stereocenters. The molecule has 2 aliphatic heterocycles. The Morgan fingerprint density at radius 2 is 1.87 bits per heavy atom. The molecule has 0 aliphatic carbocycles. The Balaban J connectivity index is 1.47. The maximum atomic E-state index is 14.3. The third kappa shape index (κ3) is 5.84. The zero-order chi connectivity index (χ0) is 22.5. The van der Waals surface area contributed by atoms with Crippen LogP contribution in [0.1, 0.15) is 43.5 Å². The minimum Gasteiger partial charge on any atom is -0.478 e. The molecule has 10 heteroatoms. The van der Waals surface area contributed by atoms with Gasteiger partial charge in [-0.1, -0.05) is 0 Å². The Hall–Kier alpha value is -2.88. The summed E-state index contributed by atoms with van der Waals surface area (Å²) in [5.74, 6) is -3.25. The van der Waals surface area contributed by atoms with Gasteiger partial charge in [-0.2, -0.15) is 0 Å². The monoisotopic (exact) mass is 439 g/mol. The van der Waals surface area contributed by atoms with E-state index in [1.165, 1.54) is 0 Å². The number of aromatic carboxylic acids is 1. The summed E-state index contributed by atoms with van der Waals surface area (Å²) in [7, 11) is 0. The van der Waals surface area contributed by atoms with Crippen LogP contribution in [0.25, 0.3) is 0 Å². The van der Waals surface area contributed by atoms with Crippen LogP contribution in [0, 0.1) is 11.6 Å². The van der Waals surface area contributed by atoms with E-state index in [1.807, 2.05) is 19.9 Å². The van der Waals surface area contributed by atoms with E-state index in [-0.39, 0.29) is 24.0 Å². The summed E-state index contributed by atoms with van der Waals surface area (Å²) >= 11 is 0. The van der Waals surface area contributed by atoms with Crippen LogP contribution >= 0.6 is 0 Å². The van der Waals surface area contributed by atoms with Gasteiger partial charge < -0.3 is 19.6 Å². The smallest absolute Gasteiger partial charge is 0.410 e. The van der Waals surface area contributed by atoms with Crippen molar-refractivity contribution in [1.29, 1.82) is 0 Å². The summed E-state index contributed by atoms with van der Waals surface area (Å²) in [6.45, 7) is 5.49. The molecule has 0 saturated carbocycles. The number of nitrogens with one attached hydrogen (secondary N) is 1. The van der Waals surface area contributed by atoms with Crippen LogP contribution in [0.4, 0.5) is 19.3 Å². The van der Waals surface area contributed by atoms with Gasteiger partial charge in [-0.3, -0.25) is 10.3 Å². The fourth-order valence-corrected chi connectivity index (χ4v) is 3.51. The van der Waals surface area contributed by atoms with Crippen molar-refractivity contribution in [3.05, 3.63) is 41.1 Å². The number of nitrogens with zero attached hydrogens (tertiary/aromatic N) is 2. The topological polar surface area (TPSA) is 91.3 Å². The highest BCUT2D eigenvalue weighted by Crippen LogP contribution is 2.26. The molecule has 2 aliphatic rings. The van der Waals surface area contributed by atoms with Crippen molar-refractivity contribution in [2.45, 2.75) is 45.3 Å². The summed E-state index contributed by atoms with van der Waals surface area (Å²) in [6.07, 6.45) is 3.21. The Morgan fingerprint density at radius 3 is 2.45 bits per heavy atom. The Labute approximate surface area is 179 Å². The average Bonchev–Trinajstić information content (AvgIpc) is 2.73. The van der Waals surface area contributed by atoms with Crippen molar-refractivity contribution in [1.82, 2.24) is 10.4 Å². The summed E-state index contributed by atoms with van der Waals surface area (Å²) in [5, 5.41) is 8.89. The average molecular weight is 439 g/mol. The van der Waals surface area contributed by atoms with Crippen LogP contribution in [-0.4, -0.2) is 60.5 Å². The van der Waals surface area contributed by atoms with Gasteiger partial charge in [0.25, 0.3) is 0 Å². The van der Waals surface area contributed by atoms with Crippen molar-refractivity contribution in [3.63, 3.8) is 0 Å². The molecule has 1 amide bonds. The quantitative estimate of drug-likeness (QED) is 0.658. The number of halogens is 2. The normalized spacial score (nSPS) is 17.5. The predicted molar refractivity (Wildman–Crippen MR) is 109 cm³/mol.